The Morgan fingerprint density at radius 1 is 1.35 bits per heavy atom. The quantitative estimate of drug-likeness (QED) is 0.779. The van der Waals surface area contributed by atoms with E-state index in [9.17, 15) is 4.79 Å². The molecule has 4 rings (SSSR count). The first-order chi connectivity index (χ1) is 12.5. The molecule has 0 saturated carbocycles. The third kappa shape index (κ3) is 2.64. The van der Waals surface area contributed by atoms with Crippen LogP contribution < -0.4 is 5.73 Å². The zero-order valence-electron chi connectivity index (χ0n) is 15.0. The zero-order valence-corrected chi connectivity index (χ0v) is 15.0. The van der Waals surface area contributed by atoms with E-state index in [-0.39, 0.29) is 11.3 Å². The second-order valence-corrected chi connectivity index (χ2v) is 7.30. The Labute approximate surface area is 151 Å². The van der Waals surface area contributed by atoms with Crippen molar-refractivity contribution in [2.75, 3.05) is 19.6 Å². The Balaban J connectivity index is 1.70. The van der Waals surface area contributed by atoms with E-state index in [1.165, 1.54) is 0 Å². The van der Waals surface area contributed by atoms with E-state index in [2.05, 4.69) is 22.2 Å². The van der Waals surface area contributed by atoms with Crippen LogP contribution >= 0.6 is 0 Å². The maximum Gasteiger partial charge on any atom is 0.276 e. The van der Waals surface area contributed by atoms with Crippen molar-refractivity contribution in [3.05, 3.63) is 48.0 Å². The Bertz CT molecular complexity index is 976. The van der Waals surface area contributed by atoms with E-state index >= 15 is 0 Å². The van der Waals surface area contributed by atoms with Crippen molar-refractivity contribution in [2.24, 2.45) is 11.1 Å². The molecule has 7 heteroatoms. The summed E-state index contributed by atoms with van der Waals surface area (Å²) < 4.78 is 1.73. The summed E-state index contributed by atoms with van der Waals surface area (Å²) in [5.41, 5.74) is 7.87. The molecule has 0 bridgehead atoms. The van der Waals surface area contributed by atoms with Gasteiger partial charge >= 0.3 is 0 Å². The van der Waals surface area contributed by atoms with E-state index in [4.69, 9.17) is 5.73 Å². The molecule has 2 aromatic heterocycles. The second kappa shape index (κ2) is 6.17. The van der Waals surface area contributed by atoms with Gasteiger partial charge in [0.1, 0.15) is 0 Å². The number of aromatic nitrogens is 4. The van der Waals surface area contributed by atoms with Crippen LogP contribution in [0.5, 0.6) is 0 Å². The number of benzene rings is 1. The van der Waals surface area contributed by atoms with Gasteiger partial charge in [-0.1, -0.05) is 24.3 Å². The summed E-state index contributed by atoms with van der Waals surface area (Å²) in [6.45, 7) is 5.94. The van der Waals surface area contributed by atoms with Crippen LogP contribution in [-0.4, -0.2) is 50.4 Å². The number of nitrogens with two attached hydrogens (primary N) is 1. The number of carbonyl (C=O) groups is 1. The first kappa shape index (κ1) is 16.7. The predicted molar refractivity (Wildman–Crippen MR) is 99.1 cm³/mol. The minimum absolute atomic E-state index is 0.0117. The average Bonchev–Trinajstić information content (AvgIpc) is 3.24. The number of hydrogen-bond acceptors (Lipinski definition) is 5. The smallest absolute Gasteiger partial charge is 0.276 e. The van der Waals surface area contributed by atoms with Crippen LogP contribution in [0.15, 0.2) is 36.7 Å². The molecule has 26 heavy (non-hydrogen) atoms. The molecule has 0 spiro atoms. The summed E-state index contributed by atoms with van der Waals surface area (Å²) in [5, 5.41) is 10.5. The summed E-state index contributed by atoms with van der Waals surface area (Å²) >= 11 is 0. The van der Waals surface area contributed by atoms with Gasteiger partial charge in [-0.3, -0.25) is 9.78 Å². The molecule has 1 aliphatic heterocycles. The van der Waals surface area contributed by atoms with Gasteiger partial charge < -0.3 is 10.6 Å². The molecule has 1 saturated heterocycles. The van der Waals surface area contributed by atoms with E-state index in [1.807, 2.05) is 42.3 Å². The summed E-state index contributed by atoms with van der Waals surface area (Å²) in [6, 6.07) is 7.87. The van der Waals surface area contributed by atoms with Gasteiger partial charge in [0.15, 0.2) is 5.69 Å². The van der Waals surface area contributed by atoms with Gasteiger partial charge in [-0.15, -0.1) is 5.10 Å². The molecule has 0 aliphatic carbocycles. The van der Waals surface area contributed by atoms with E-state index in [0.29, 0.717) is 25.3 Å². The summed E-state index contributed by atoms with van der Waals surface area (Å²) in [7, 11) is 0. The number of hydrogen-bond donors (Lipinski definition) is 1. The van der Waals surface area contributed by atoms with Gasteiger partial charge in [-0.05, 0) is 37.4 Å². The topological polar surface area (TPSA) is 89.9 Å². The molecule has 134 valence electrons. The number of amides is 1. The average molecular weight is 350 g/mol. The highest BCUT2D eigenvalue weighted by molar-refractivity contribution is 5.94. The maximum atomic E-state index is 12.9. The van der Waals surface area contributed by atoms with E-state index in [0.717, 1.165) is 28.6 Å². The van der Waals surface area contributed by atoms with Crippen LogP contribution in [0, 0.1) is 12.3 Å². The van der Waals surface area contributed by atoms with Crippen LogP contribution in [-0.2, 0) is 0 Å². The summed E-state index contributed by atoms with van der Waals surface area (Å²) in [6.07, 6.45) is 4.48. The number of pyridine rings is 1. The molecule has 1 amide bonds. The molecular weight excluding hydrogens is 328 g/mol. The SMILES string of the molecule is Cc1c(C(=O)N2CCC(C)(CN)C2)nnn1-c1cccc2cnccc12. The van der Waals surface area contributed by atoms with Crippen molar-refractivity contribution in [1.29, 1.82) is 0 Å². The fraction of sp³-hybridized carbons (Fsp3) is 0.368. The number of likely N-dealkylation sites (tertiary alicyclic amines) is 1. The fourth-order valence-electron chi connectivity index (χ4n) is 3.56. The number of carbonyl (C=O) groups excluding carboxylic acids is 1. The monoisotopic (exact) mass is 350 g/mol. The highest BCUT2D eigenvalue weighted by Gasteiger charge is 2.36. The molecule has 3 aromatic rings. The lowest BCUT2D eigenvalue weighted by Crippen LogP contribution is -2.35. The summed E-state index contributed by atoms with van der Waals surface area (Å²) in [4.78, 5) is 18.9. The molecule has 1 aliphatic rings. The minimum Gasteiger partial charge on any atom is -0.337 e. The van der Waals surface area contributed by atoms with Gasteiger partial charge in [-0.2, -0.15) is 0 Å². The highest BCUT2D eigenvalue weighted by atomic mass is 16.2. The van der Waals surface area contributed by atoms with Crippen LogP contribution in [0.2, 0.25) is 0 Å². The van der Waals surface area contributed by atoms with E-state index < -0.39 is 0 Å². The van der Waals surface area contributed by atoms with Crippen LogP contribution in [0.1, 0.15) is 29.5 Å². The Hall–Kier alpha value is -2.80. The van der Waals surface area contributed by atoms with Crippen LogP contribution in [0.25, 0.3) is 16.5 Å². The van der Waals surface area contributed by atoms with Gasteiger partial charge in [0, 0.05) is 36.3 Å². The lowest BCUT2D eigenvalue weighted by atomic mass is 9.90. The lowest BCUT2D eigenvalue weighted by Gasteiger charge is -2.22. The van der Waals surface area contributed by atoms with Crippen LogP contribution in [0.3, 0.4) is 0 Å². The fourth-order valence-corrected chi connectivity index (χ4v) is 3.56. The molecule has 0 radical (unpaired) electrons. The first-order valence-electron chi connectivity index (χ1n) is 8.77. The zero-order chi connectivity index (χ0) is 18.3. The highest BCUT2D eigenvalue weighted by Crippen LogP contribution is 2.30. The Morgan fingerprint density at radius 3 is 2.96 bits per heavy atom. The van der Waals surface area contributed by atoms with E-state index in [1.54, 1.807) is 10.9 Å². The summed E-state index contributed by atoms with van der Waals surface area (Å²) in [5.74, 6) is -0.0761. The van der Waals surface area contributed by atoms with Gasteiger partial charge in [0.25, 0.3) is 5.91 Å². The molecule has 1 aromatic carbocycles. The molecular formula is C19H22N6O. The first-order valence-corrected chi connectivity index (χ1v) is 8.77. The van der Waals surface area contributed by atoms with Gasteiger partial charge in [0.2, 0.25) is 0 Å². The lowest BCUT2D eigenvalue weighted by molar-refractivity contribution is 0.0770. The van der Waals surface area contributed by atoms with Crippen molar-refractivity contribution in [3.8, 4) is 5.69 Å². The normalized spacial score (nSPS) is 20.0. The third-order valence-corrected chi connectivity index (χ3v) is 5.32. The molecule has 3 heterocycles. The molecule has 1 fully saturated rings. The van der Waals surface area contributed by atoms with Crippen molar-refractivity contribution >= 4 is 16.7 Å². The molecule has 1 atom stereocenters. The van der Waals surface area contributed by atoms with Gasteiger partial charge in [0.05, 0.1) is 11.4 Å². The molecule has 1 unspecified atom stereocenters. The van der Waals surface area contributed by atoms with Gasteiger partial charge in [-0.25, -0.2) is 4.68 Å². The maximum absolute atomic E-state index is 12.9. The predicted octanol–water partition coefficient (Wildman–Crippen LogP) is 1.93. The Morgan fingerprint density at radius 2 is 2.19 bits per heavy atom. The third-order valence-electron chi connectivity index (χ3n) is 5.32. The molecule has 2 N–H and O–H groups in total. The standard InChI is InChI=1S/C19H22N6O/c1-13-17(18(26)24-9-7-19(2,11-20)12-24)22-23-25(13)16-5-3-4-14-10-21-8-6-15(14)16/h3-6,8,10H,7,9,11-12,20H2,1-2H3. The minimum atomic E-state index is -0.0761. The number of rotatable bonds is 3. The van der Waals surface area contributed by atoms with Crippen LogP contribution in [0.4, 0.5) is 0 Å². The number of fused-ring (bicyclic) bond motifs is 1. The van der Waals surface area contributed by atoms with Crippen molar-refractivity contribution in [3.63, 3.8) is 0 Å². The number of nitrogens with zero attached hydrogens (tertiary/aromatic N) is 5. The Kier molecular flexibility index (Phi) is 3.96. The van der Waals surface area contributed by atoms with Crippen molar-refractivity contribution in [2.45, 2.75) is 20.3 Å². The van der Waals surface area contributed by atoms with Crippen molar-refractivity contribution in [1.82, 2.24) is 24.9 Å². The van der Waals surface area contributed by atoms with Crippen molar-refractivity contribution < 1.29 is 4.79 Å². The largest absolute Gasteiger partial charge is 0.337 e. The molecule has 7 nitrogen and oxygen atoms in total. The second-order valence-electron chi connectivity index (χ2n) is 7.30.